The molecule has 1 saturated carbocycles. The SMILES string of the molecule is CSNC1CCC1. The van der Waals surface area contributed by atoms with Crippen LogP contribution in [-0.4, -0.2) is 12.3 Å². The normalized spacial score (nSPS) is 21.9. The average Bonchev–Trinajstić information content (AvgIpc) is 1.55. The Kier molecular flexibility index (Phi) is 2.00. The van der Waals surface area contributed by atoms with Gasteiger partial charge in [-0.05, 0) is 19.1 Å². The molecule has 0 aromatic heterocycles. The molecule has 0 aliphatic heterocycles. The second-order valence-corrected chi connectivity index (χ2v) is 2.59. The van der Waals surface area contributed by atoms with Crippen molar-refractivity contribution in [3.8, 4) is 0 Å². The molecule has 1 aliphatic carbocycles. The zero-order valence-electron chi connectivity index (χ0n) is 4.61. The van der Waals surface area contributed by atoms with Gasteiger partial charge in [0.25, 0.3) is 0 Å². The molecule has 0 radical (unpaired) electrons. The summed E-state index contributed by atoms with van der Waals surface area (Å²) in [6.45, 7) is 0. The van der Waals surface area contributed by atoms with Crippen molar-refractivity contribution in [1.82, 2.24) is 4.72 Å². The van der Waals surface area contributed by atoms with Gasteiger partial charge in [-0.15, -0.1) is 0 Å². The molecule has 0 saturated heterocycles. The molecule has 1 N–H and O–H groups in total. The fourth-order valence-corrected chi connectivity index (χ4v) is 1.26. The first-order chi connectivity index (χ1) is 3.43. The van der Waals surface area contributed by atoms with Crippen molar-refractivity contribution in [2.24, 2.45) is 0 Å². The Hall–Kier alpha value is 0.310. The van der Waals surface area contributed by atoms with Crippen molar-refractivity contribution >= 4 is 11.9 Å². The van der Waals surface area contributed by atoms with E-state index in [1.54, 1.807) is 11.9 Å². The Morgan fingerprint density at radius 2 is 2.29 bits per heavy atom. The summed E-state index contributed by atoms with van der Waals surface area (Å²) in [4.78, 5) is 0. The van der Waals surface area contributed by atoms with Crippen LogP contribution in [-0.2, 0) is 0 Å². The van der Waals surface area contributed by atoms with Crippen LogP contribution in [0.2, 0.25) is 0 Å². The predicted octanol–water partition coefficient (Wildman–Crippen LogP) is 1.41. The first kappa shape index (κ1) is 5.45. The molecule has 0 spiro atoms. The molecule has 1 fully saturated rings. The Bertz CT molecular complexity index is 52.0. The Morgan fingerprint density at radius 3 is 2.43 bits per heavy atom. The lowest BCUT2D eigenvalue weighted by atomic mass is 9.94. The van der Waals surface area contributed by atoms with E-state index in [4.69, 9.17) is 0 Å². The molecule has 7 heavy (non-hydrogen) atoms. The minimum atomic E-state index is 0.843. The molecule has 0 amide bonds. The van der Waals surface area contributed by atoms with Gasteiger partial charge >= 0.3 is 0 Å². The molecule has 0 atom stereocenters. The molecule has 42 valence electrons. The molecule has 1 aliphatic rings. The van der Waals surface area contributed by atoms with Gasteiger partial charge in [-0.1, -0.05) is 18.4 Å². The predicted molar refractivity (Wildman–Crippen MR) is 34.3 cm³/mol. The van der Waals surface area contributed by atoms with Crippen LogP contribution in [0.25, 0.3) is 0 Å². The second kappa shape index (κ2) is 2.58. The van der Waals surface area contributed by atoms with Crippen molar-refractivity contribution in [2.75, 3.05) is 6.26 Å². The number of hydrogen-bond donors (Lipinski definition) is 1. The highest BCUT2D eigenvalue weighted by Crippen LogP contribution is 2.19. The molecule has 2 heteroatoms. The fraction of sp³-hybridized carbons (Fsp3) is 1.00. The molecule has 1 nitrogen and oxygen atoms in total. The zero-order chi connectivity index (χ0) is 5.11. The van der Waals surface area contributed by atoms with Gasteiger partial charge in [0, 0.05) is 6.04 Å². The maximum absolute atomic E-state index is 3.30. The minimum absolute atomic E-state index is 0.843. The monoisotopic (exact) mass is 117 g/mol. The van der Waals surface area contributed by atoms with Crippen LogP contribution in [0.4, 0.5) is 0 Å². The molecule has 1 rings (SSSR count). The van der Waals surface area contributed by atoms with E-state index in [-0.39, 0.29) is 0 Å². The lowest BCUT2D eigenvalue weighted by Gasteiger charge is -2.24. The van der Waals surface area contributed by atoms with Crippen molar-refractivity contribution in [1.29, 1.82) is 0 Å². The van der Waals surface area contributed by atoms with Gasteiger partial charge in [0.2, 0.25) is 0 Å². The first-order valence-corrected chi connectivity index (χ1v) is 3.94. The highest BCUT2D eigenvalue weighted by Gasteiger charge is 2.14. The number of rotatable bonds is 2. The van der Waals surface area contributed by atoms with Crippen LogP contribution in [0.15, 0.2) is 0 Å². The highest BCUT2D eigenvalue weighted by atomic mass is 32.2. The van der Waals surface area contributed by atoms with Crippen LogP contribution in [0.3, 0.4) is 0 Å². The Labute approximate surface area is 49.0 Å². The molecule has 0 bridgehead atoms. The van der Waals surface area contributed by atoms with E-state index in [0.29, 0.717) is 0 Å². The quantitative estimate of drug-likeness (QED) is 0.549. The van der Waals surface area contributed by atoms with Gasteiger partial charge in [0.1, 0.15) is 0 Å². The minimum Gasteiger partial charge on any atom is -0.261 e. The van der Waals surface area contributed by atoms with Gasteiger partial charge in [0.05, 0.1) is 0 Å². The van der Waals surface area contributed by atoms with Crippen LogP contribution >= 0.6 is 11.9 Å². The van der Waals surface area contributed by atoms with Crippen molar-refractivity contribution in [3.05, 3.63) is 0 Å². The summed E-state index contributed by atoms with van der Waals surface area (Å²) in [5.41, 5.74) is 0. The van der Waals surface area contributed by atoms with Crippen LogP contribution < -0.4 is 4.72 Å². The van der Waals surface area contributed by atoms with E-state index in [9.17, 15) is 0 Å². The maximum Gasteiger partial charge on any atom is 0.0171 e. The second-order valence-electron chi connectivity index (χ2n) is 1.95. The van der Waals surface area contributed by atoms with Crippen LogP contribution in [0.1, 0.15) is 19.3 Å². The largest absolute Gasteiger partial charge is 0.261 e. The third kappa shape index (κ3) is 1.35. The van der Waals surface area contributed by atoms with Crippen molar-refractivity contribution in [3.63, 3.8) is 0 Å². The summed E-state index contributed by atoms with van der Waals surface area (Å²) >= 11 is 1.74. The van der Waals surface area contributed by atoms with Gasteiger partial charge in [-0.25, -0.2) is 0 Å². The summed E-state index contributed by atoms with van der Waals surface area (Å²) in [5, 5.41) is 0. The van der Waals surface area contributed by atoms with Gasteiger partial charge in [-0.3, -0.25) is 4.72 Å². The highest BCUT2D eigenvalue weighted by molar-refractivity contribution is 7.96. The Balaban J connectivity index is 1.93. The lowest BCUT2D eigenvalue weighted by molar-refractivity contribution is 0.395. The molecule has 0 aromatic carbocycles. The fourth-order valence-electron chi connectivity index (χ4n) is 0.693. The molecule has 0 aromatic rings. The van der Waals surface area contributed by atoms with E-state index < -0.39 is 0 Å². The summed E-state index contributed by atoms with van der Waals surface area (Å²) in [7, 11) is 0. The first-order valence-electron chi connectivity index (χ1n) is 2.72. The van der Waals surface area contributed by atoms with Crippen LogP contribution in [0.5, 0.6) is 0 Å². The topological polar surface area (TPSA) is 12.0 Å². The number of nitrogens with one attached hydrogen (secondary N) is 1. The van der Waals surface area contributed by atoms with E-state index >= 15 is 0 Å². The van der Waals surface area contributed by atoms with Crippen LogP contribution in [0, 0.1) is 0 Å². The molecule has 0 heterocycles. The van der Waals surface area contributed by atoms with Gasteiger partial charge in [0.15, 0.2) is 0 Å². The smallest absolute Gasteiger partial charge is 0.0171 e. The van der Waals surface area contributed by atoms with E-state index in [2.05, 4.69) is 11.0 Å². The molecular formula is C5H11NS. The van der Waals surface area contributed by atoms with E-state index in [1.807, 2.05) is 0 Å². The summed E-state index contributed by atoms with van der Waals surface area (Å²) < 4.78 is 3.30. The number of hydrogen-bond acceptors (Lipinski definition) is 2. The maximum atomic E-state index is 3.30. The summed E-state index contributed by atoms with van der Waals surface area (Å²) in [6.07, 6.45) is 6.29. The van der Waals surface area contributed by atoms with Crippen molar-refractivity contribution in [2.45, 2.75) is 25.3 Å². The Morgan fingerprint density at radius 1 is 1.57 bits per heavy atom. The standard InChI is InChI=1S/C5H11NS/c1-7-6-5-3-2-4-5/h5-6H,2-4H2,1H3. The summed E-state index contributed by atoms with van der Waals surface area (Å²) in [5.74, 6) is 0. The average molecular weight is 117 g/mol. The third-order valence-electron chi connectivity index (χ3n) is 1.39. The van der Waals surface area contributed by atoms with Gasteiger partial charge < -0.3 is 0 Å². The molecular weight excluding hydrogens is 106 g/mol. The van der Waals surface area contributed by atoms with Crippen molar-refractivity contribution < 1.29 is 0 Å². The molecule has 0 unspecified atom stereocenters. The van der Waals surface area contributed by atoms with E-state index in [1.165, 1.54) is 19.3 Å². The van der Waals surface area contributed by atoms with E-state index in [0.717, 1.165) is 6.04 Å². The van der Waals surface area contributed by atoms with Gasteiger partial charge in [-0.2, -0.15) is 0 Å². The zero-order valence-corrected chi connectivity index (χ0v) is 5.42. The lowest BCUT2D eigenvalue weighted by Crippen LogP contribution is -2.29. The third-order valence-corrected chi connectivity index (χ3v) is 1.96. The summed E-state index contributed by atoms with van der Waals surface area (Å²) in [6, 6.07) is 0.843.